The predicted molar refractivity (Wildman–Crippen MR) is 62.0 cm³/mol. The second-order valence-corrected chi connectivity index (χ2v) is 5.20. The Hall–Kier alpha value is -1.18. The molecule has 0 unspecified atom stereocenters. The lowest BCUT2D eigenvalue weighted by molar-refractivity contribution is 0.334. The van der Waals surface area contributed by atoms with Crippen molar-refractivity contribution in [1.82, 2.24) is 0 Å². The van der Waals surface area contributed by atoms with Gasteiger partial charge in [-0.15, -0.1) is 0 Å². The summed E-state index contributed by atoms with van der Waals surface area (Å²) in [7, 11) is 0. The molecule has 0 heterocycles. The molecule has 1 aromatic carbocycles. The van der Waals surface area contributed by atoms with Gasteiger partial charge in [-0.3, -0.25) is 0 Å². The summed E-state index contributed by atoms with van der Waals surface area (Å²) in [5.74, 6) is -1.48. The van der Waals surface area contributed by atoms with Gasteiger partial charge < -0.3 is 0 Å². The molecule has 0 fully saturated rings. The number of benzene rings is 1. The third-order valence-corrected chi connectivity index (χ3v) is 3.27. The fourth-order valence-electron chi connectivity index (χ4n) is 2.07. The molecule has 2 rings (SSSR count). The number of allylic oxidation sites excluding steroid dienone is 2. The van der Waals surface area contributed by atoms with Crippen LogP contribution in [0.2, 0.25) is 0 Å². The highest BCUT2D eigenvalue weighted by atomic mass is 19.2. The van der Waals surface area contributed by atoms with Gasteiger partial charge in [0.05, 0.1) is 0 Å². The van der Waals surface area contributed by atoms with Crippen molar-refractivity contribution in [2.75, 3.05) is 0 Å². The van der Waals surface area contributed by atoms with Crippen LogP contribution in [0.4, 0.5) is 8.78 Å². The Labute approximate surface area is 95.0 Å². The maximum absolute atomic E-state index is 13.6. The molecule has 2 heteroatoms. The van der Waals surface area contributed by atoms with E-state index in [1.807, 2.05) is 6.08 Å². The van der Waals surface area contributed by atoms with E-state index in [1.165, 1.54) is 0 Å². The van der Waals surface area contributed by atoms with Gasteiger partial charge in [0.15, 0.2) is 11.6 Å². The Balaban J connectivity index is 2.33. The van der Waals surface area contributed by atoms with Crippen LogP contribution < -0.4 is 0 Å². The van der Waals surface area contributed by atoms with Gasteiger partial charge in [-0.05, 0) is 36.3 Å². The van der Waals surface area contributed by atoms with Crippen LogP contribution in [-0.4, -0.2) is 0 Å². The van der Waals surface area contributed by atoms with Crippen molar-refractivity contribution in [3.63, 3.8) is 0 Å². The van der Waals surface area contributed by atoms with Crippen LogP contribution >= 0.6 is 0 Å². The first kappa shape index (κ1) is 11.3. The Bertz CT molecular complexity index is 430. The number of hydrogen-bond donors (Lipinski definition) is 0. The van der Waals surface area contributed by atoms with Crippen molar-refractivity contribution in [3.05, 3.63) is 41.5 Å². The zero-order valence-corrected chi connectivity index (χ0v) is 9.69. The average Bonchev–Trinajstić information content (AvgIpc) is 2.23. The highest BCUT2D eigenvalue weighted by molar-refractivity contribution is 5.66. The molecular formula is C14H16F2. The van der Waals surface area contributed by atoms with E-state index in [9.17, 15) is 8.78 Å². The molecule has 1 aliphatic rings. The van der Waals surface area contributed by atoms with Gasteiger partial charge in [-0.25, -0.2) is 8.78 Å². The van der Waals surface area contributed by atoms with Gasteiger partial charge in [-0.1, -0.05) is 32.1 Å². The van der Waals surface area contributed by atoms with Crippen LogP contribution in [0, 0.1) is 17.0 Å². The zero-order valence-electron chi connectivity index (χ0n) is 9.69. The van der Waals surface area contributed by atoms with Crippen LogP contribution in [0.5, 0.6) is 0 Å². The molecule has 86 valence electrons. The molecule has 0 N–H and O–H groups in total. The molecule has 0 atom stereocenters. The first-order valence-corrected chi connectivity index (χ1v) is 5.63. The maximum Gasteiger partial charge on any atom is 0.166 e. The third-order valence-electron chi connectivity index (χ3n) is 3.27. The monoisotopic (exact) mass is 222 g/mol. The van der Waals surface area contributed by atoms with Crippen molar-refractivity contribution in [2.24, 2.45) is 5.41 Å². The third kappa shape index (κ3) is 2.16. The number of halogens is 2. The molecule has 0 saturated heterocycles. The van der Waals surface area contributed by atoms with E-state index in [0.29, 0.717) is 5.56 Å². The highest BCUT2D eigenvalue weighted by Crippen LogP contribution is 2.38. The van der Waals surface area contributed by atoms with Gasteiger partial charge >= 0.3 is 0 Å². The molecule has 0 nitrogen and oxygen atoms in total. The molecule has 1 aliphatic carbocycles. The first-order valence-electron chi connectivity index (χ1n) is 5.63. The molecule has 0 aromatic heterocycles. The van der Waals surface area contributed by atoms with Gasteiger partial charge in [0.2, 0.25) is 0 Å². The SMILES string of the molecule is CC1(C)CC=C(c2cccc(F)c2F)CC1. The standard InChI is InChI=1S/C14H16F2/c1-14(2)8-6-10(7-9-14)11-4-3-5-12(15)13(11)16/h3-6H,7-9H2,1-2H3. The fraction of sp³-hybridized carbons (Fsp3) is 0.429. The quantitative estimate of drug-likeness (QED) is 0.653. The van der Waals surface area contributed by atoms with E-state index in [0.717, 1.165) is 30.9 Å². The van der Waals surface area contributed by atoms with E-state index < -0.39 is 11.6 Å². The summed E-state index contributed by atoms with van der Waals surface area (Å²) in [5, 5.41) is 0. The normalized spacial score (nSPS) is 19.4. The van der Waals surface area contributed by atoms with Crippen LogP contribution in [0.25, 0.3) is 5.57 Å². The first-order chi connectivity index (χ1) is 7.49. The Morgan fingerprint density at radius 1 is 1.19 bits per heavy atom. The second kappa shape index (κ2) is 4.00. The highest BCUT2D eigenvalue weighted by Gasteiger charge is 2.23. The van der Waals surface area contributed by atoms with E-state index in [-0.39, 0.29) is 5.41 Å². The van der Waals surface area contributed by atoms with Crippen LogP contribution in [0.15, 0.2) is 24.3 Å². The summed E-state index contributed by atoms with van der Waals surface area (Å²) in [6.07, 6.45) is 4.82. The fourth-order valence-corrected chi connectivity index (χ4v) is 2.07. The minimum Gasteiger partial charge on any atom is -0.204 e. The Morgan fingerprint density at radius 3 is 2.56 bits per heavy atom. The van der Waals surface area contributed by atoms with Crippen molar-refractivity contribution < 1.29 is 8.78 Å². The molecule has 0 aliphatic heterocycles. The van der Waals surface area contributed by atoms with E-state index >= 15 is 0 Å². The number of hydrogen-bond acceptors (Lipinski definition) is 0. The topological polar surface area (TPSA) is 0 Å². The minimum atomic E-state index is -0.761. The van der Waals surface area contributed by atoms with Crippen molar-refractivity contribution in [1.29, 1.82) is 0 Å². The summed E-state index contributed by atoms with van der Waals surface area (Å²) in [5.41, 5.74) is 1.65. The summed E-state index contributed by atoms with van der Waals surface area (Å²) in [4.78, 5) is 0. The molecular weight excluding hydrogens is 206 g/mol. The van der Waals surface area contributed by atoms with Gasteiger partial charge in [0.25, 0.3) is 0 Å². The molecule has 0 amide bonds. The Kier molecular flexibility index (Phi) is 2.83. The van der Waals surface area contributed by atoms with E-state index in [4.69, 9.17) is 0 Å². The van der Waals surface area contributed by atoms with Crippen LogP contribution in [0.3, 0.4) is 0 Å². The molecule has 0 spiro atoms. The van der Waals surface area contributed by atoms with E-state index in [1.54, 1.807) is 12.1 Å². The zero-order chi connectivity index (χ0) is 11.8. The molecule has 0 saturated carbocycles. The van der Waals surface area contributed by atoms with Crippen LogP contribution in [-0.2, 0) is 0 Å². The lowest BCUT2D eigenvalue weighted by Crippen LogP contribution is -2.14. The van der Waals surface area contributed by atoms with E-state index in [2.05, 4.69) is 13.8 Å². The molecule has 0 radical (unpaired) electrons. The molecule has 16 heavy (non-hydrogen) atoms. The minimum absolute atomic E-state index is 0.285. The number of rotatable bonds is 1. The summed E-state index contributed by atoms with van der Waals surface area (Å²) < 4.78 is 26.6. The molecule has 1 aromatic rings. The largest absolute Gasteiger partial charge is 0.204 e. The smallest absolute Gasteiger partial charge is 0.166 e. The lowest BCUT2D eigenvalue weighted by Gasteiger charge is -2.28. The second-order valence-electron chi connectivity index (χ2n) is 5.20. The van der Waals surface area contributed by atoms with Crippen molar-refractivity contribution >= 4 is 5.57 Å². The predicted octanol–water partition coefficient (Wildman–Crippen LogP) is 4.56. The van der Waals surface area contributed by atoms with Crippen LogP contribution in [0.1, 0.15) is 38.7 Å². The summed E-state index contributed by atoms with van der Waals surface area (Å²) in [6, 6.07) is 4.38. The van der Waals surface area contributed by atoms with Gasteiger partial charge in [0, 0.05) is 5.56 Å². The van der Waals surface area contributed by atoms with Crippen molar-refractivity contribution in [2.45, 2.75) is 33.1 Å². The van der Waals surface area contributed by atoms with Gasteiger partial charge in [0.1, 0.15) is 0 Å². The Morgan fingerprint density at radius 2 is 1.94 bits per heavy atom. The lowest BCUT2D eigenvalue weighted by atomic mass is 9.77. The average molecular weight is 222 g/mol. The maximum atomic E-state index is 13.6. The summed E-state index contributed by atoms with van der Waals surface area (Å²) in [6.45, 7) is 4.39. The van der Waals surface area contributed by atoms with Crippen molar-refractivity contribution in [3.8, 4) is 0 Å². The summed E-state index contributed by atoms with van der Waals surface area (Å²) >= 11 is 0. The molecule has 0 bridgehead atoms. The van der Waals surface area contributed by atoms with Gasteiger partial charge in [-0.2, -0.15) is 0 Å².